The number of unbranched alkanes of at least 4 members (excludes halogenated alkanes) is 25. The second-order valence-electron chi connectivity index (χ2n) is 18.6. The number of hydrogen-bond acceptors (Lipinski definition) is 5. The van der Waals surface area contributed by atoms with Crippen molar-refractivity contribution >= 4 is 11.9 Å². The molecule has 3 atom stereocenters. The van der Waals surface area contributed by atoms with Gasteiger partial charge in [-0.3, -0.25) is 9.59 Å². The molecule has 0 aromatic rings. The third-order valence-corrected chi connectivity index (χ3v) is 12.2. The Bertz CT molecular complexity index is 1260. The molecule has 6 nitrogen and oxygen atoms in total. The maximum atomic E-state index is 13.2. The van der Waals surface area contributed by atoms with Gasteiger partial charge in [-0.2, -0.15) is 0 Å². The summed E-state index contributed by atoms with van der Waals surface area (Å²) in [6.45, 7) is 6.34. The Morgan fingerprint density at radius 1 is 0.485 bits per heavy atom. The van der Waals surface area contributed by atoms with Crippen molar-refractivity contribution < 1.29 is 24.5 Å². The molecule has 6 heteroatoms. The molecule has 0 saturated carbocycles. The lowest BCUT2D eigenvalue weighted by Crippen LogP contribution is -2.46. The first-order chi connectivity index (χ1) is 32.5. The van der Waals surface area contributed by atoms with Crippen molar-refractivity contribution in [3.63, 3.8) is 0 Å². The van der Waals surface area contributed by atoms with E-state index >= 15 is 0 Å². The Labute approximate surface area is 408 Å². The van der Waals surface area contributed by atoms with Crippen LogP contribution in [0.25, 0.3) is 0 Å². The van der Waals surface area contributed by atoms with Crippen LogP contribution in [0.2, 0.25) is 0 Å². The zero-order valence-corrected chi connectivity index (χ0v) is 43.3. The maximum Gasteiger partial charge on any atom is 0.306 e. The summed E-state index contributed by atoms with van der Waals surface area (Å²) >= 11 is 0. The van der Waals surface area contributed by atoms with Crippen molar-refractivity contribution in [1.82, 2.24) is 5.32 Å². The average Bonchev–Trinajstić information content (AvgIpc) is 3.31. The number of nitrogens with one attached hydrogen (secondary N) is 1. The van der Waals surface area contributed by atoms with E-state index in [9.17, 15) is 19.8 Å². The molecule has 0 radical (unpaired) electrons. The molecule has 66 heavy (non-hydrogen) atoms. The number of rotatable bonds is 49. The van der Waals surface area contributed by atoms with E-state index in [0.29, 0.717) is 19.3 Å². The fraction of sp³-hybridized carbons (Fsp3) is 0.733. The first-order valence-corrected chi connectivity index (χ1v) is 27.8. The minimum Gasteiger partial charge on any atom is -0.461 e. The normalized spacial score (nSPS) is 13.8. The van der Waals surface area contributed by atoms with E-state index in [1.165, 1.54) is 122 Å². The van der Waals surface area contributed by atoms with Gasteiger partial charge < -0.3 is 20.3 Å². The van der Waals surface area contributed by atoms with E-state index in [1.54, 1.807) is 0 Å². The first kappa shape index (κ1) is 63.0. The van der Waals surface area contributed by atoms with Crippen LogP contribution in [0, 0.1) is 0 Å². The van der Waals surface area contributed by atoms with Crippen LogP contribution in [0.5, 0.6) is 0 Å². The van der Waals surface area contributed by atoms with Gasteiger partial charge in [0, 0.05) is 12.8 Å². The van der Waals surface area contributed by atoms with Crippen LogP contribution in [-0.4, -0.2) is 46.9 Å². The van der Waals surface area contributed by atoms with E-state index < -0.39 is 18.2 Å². The molecule has 0 fully saturated rings. The topological polar surface area (TPSA) is 95.9 Å². The zero-order valence-electron chi connectivity index (χ0n) is 43.3. The SMILES string of the molecule is CC/C=C\C/C=C\C/C=C\C/C=C\C/C=C\CC(CC(=O)NC(CO)C(O)CCCCCCCCCCCCCCCC)OC(=O)CCCCCCC/C=C/C=C/CCCCCCCCC. The Kier molecular flexibility index (Phi) is 50.6. The molecule has 0 aromatic heterocycles. The predicted molar refractivity (Wildman–Crippen MR) is 287 cm³/mol. The molecule has 380 valence electrons. The summed E-state index contributed by atoms with van der Waals surface area (Å²) in [4.78, 5) is 26.2. The predicted octanol–water partition coefficient (Wildman–Crippen LogP) is 17.1. The van der Waals surface area contributed by atoms with Gasteiger partial charge in [0.25, 0.3) is 0 Å². The summed E-state index contributed by atoms with van der Waals surface area (Å²) in [6.07, 6.45) is 69.5. The average molecular weight is 921 g/mol. The van der Waals surface area contributed by atoms with E-state index in [-0.39, 0.29) is 24.9 Å². The van der Waals surface area contributed by atoms with Crippen molar-refractivity contribution in [2.24, 2.45) is 0 Å². The van der Waals surface area contributed by atoms with E-state index in [2.05, 4.69) is 99.0 Å². The second kappa shape index (κ2) is 53.0. The molecular weight excluding hydrogens is 815 g/mol. The number of ether oxygens (including phenoxy) is 1. The van der Waals surface area contributed by atoms with Crippen LogP contribution >= 0.6 is 0 Å². The summed E-state index contributed by atoms with van der Waals surface area (Å²) in [7, 11) is 0. The molecule has 3 unspecified atom stereocenters. The highest BCUT2D eigenvalue weighted by Crippen LogP contribution is 2.16. The summed E-state index contributed by atoms with van der Waals surface area (Å²) in [5.41, 5.74) is 0. The number of carbonyl (C=O) groups excluding carboxylic acids is 2. The summed E-state index contributed by atoms with van der Waals surface area (Å²) in [6, 6.07) is -0.740. The minimum absolute atomic E-state index is 0.00996. The van der Waals surface area contributed by atoms with Crippen LogP contribution in [0.15, 0.2) is 85.1 Å². The van der Waals surface area contributed by atoms with Crippen LogP contribution < -0.4 is 5.32 Å². The monoisotopic (exact) mass is 920 g/mol. The molecule has 0 bridgehead atoms. The highest BCUT2D eigenvalue weighted by Gasteiger charge is 2.23. The molecule has 0 aromatic carbocycles. The molecular formula is C60H105NO5. The smallest absolute Gasteiger partial charge is 0.306 e. The summed E-state index contributed by atoms with van der Waals surface area (Å²) < 4.78 is 5.88. The fourth-order valence-electron chi connectivity index (χ4n) is 8.03. The Balaban J connectivity index is 4.71. The van der Waals surface area contributed by atoms with Crippen LogP contribution in [-0.2, 0) is 14.3 Å². The molecule has 0 aliphatic carbocycles. The Hall–Kier alpha value is -2.96. The van der Waals surface area contributed by atoms with Gasteiger partial charge in [-0.05, 0) is 70.6 Å². The van der Waals surface area contributed by atoms with Gasteiger partial charge >= 0.3 is 5.97 Å². The molecule has 0 saturated heterocycles. The quantitative estimate of drug-likeness (QED) is 0.0245. The highest BCUT2D eigenvalue weighted by atomic mass is 16.5. The number of carbonyl (C=O) groups is 2. The number of aliphatic hydroxyl groups is 2. The van der Waals surface area contributed by atoms with Gasteiger partial charge in [0.05, 0.1) is 25.2 Å². The fourth-order valence-corrected chi connectivity index (χ4v) is 8.03. The molecule has 0 spiro atoms. The third kappa shape index (κ3) is 47.5. The maximum absolute atomic E-state index is 13.2. The van der Waals surface area contributed by atoms with Crippen LogP contribution in [0.4, 0.5) is 0 Å². The summed E-state index contributed by atoms with van der Waals surface area (Å²) in [5.74, 6) is -0.597. The lowest BCUT2D eigenvalue weighted by molar-refractivity contribution is -0.150. The Morgan fingerprint density at radius 2 is 0.879 bits per heavy atom. The molecule has 0 rings (SSSR count). The van der Waals surface area contributed by atoms with Gasteiger partial charge in [-0.15, -0.1) is 0 Å². The molecule has 3 N–H and O–H groups in total. The van der Waals surface area contributed by atoms with Crippen molar-refractivity contribution in [1.29, 1.82) is 0 Å². The Morgan fingerprint density at radius 3 is 1.32 bits per heavy atom. The molecule has 0 aliphatic rings. The van der Waals surface area contributed by atoms with Crippen LogP contribution in [0.3, 0.4) is 0 Å². The number of esters is 1. The lowest BCUT2D eigenvalue weighted by Gasteiger charge is -2.24. The van der Waals surface area contributed by atoms with Gasteiger partial charge in [0.1, 0.15) is 6.10 Å². The van der Waals surface area contributed by atoms with E-state index in [0.717, 1.165) is 89.9 Å². The lowest BCUT2D eigenvalue weighted by atomic mass is 10.0. The van der Waals surface area contributed by atoms with Crippen molar-refractivity contribution in [2.45, 2.75) is 277 Å². The van der Waals surface area contributed by atoms with E-state index in [4.69, 9.17) is 4.74 Å². The van der Waals surface area contributed by atoms with Crippen molar-refractivity contribution in [2.75, 3.05) is 6.61 Å². The summed E-state index contributed by atoms with van der Waals surface area (Å²) in [5, 5.41) is 23.8. The number of hydrogen-bond donors (Lipinski definition) is 3. The zero-order chi connectivity index (χ0) is 48.1. The highest BCUT2D eigenvalue weighted by molar-refractivity contribution is 5.77. The van der Waals surface area contributed by atoms with Gasteiger partial charge in [0.2, 0.25) is 5.91 Å². The number of allylic oxidation sites excluding steroid dienone is 13. The number of aliphatic hydroxyl groups excluding tert-OH is 2. The van der Waals surface area contributed by atoms with Crippen molar-refractivity contribution in [3.8, 4) is 0 Å². The van der Waals surface area contributed by atoms with E-state index in [1.807, 2.05) is 12.2 Å². The van der Waals surface area contributed by atoms with Crippen molar-refractivity contribution in [3.05, 3.63) is 85.1 Å². The first-order valence-electron chi connectivity index (χ1n) is 27.8. The minimum atomic E-state index is -0.819. The molecule has 1 amide bonds. The van der Waals surface area contributed by atoms with Gasteiger partial charge in [0.15, 0.2) is 0 Å². The molecule has 0 heterocycles. The largest absolute Gasteiger partial charge is 0.461 e. The third-order valence-electron chi connectivity index (χ3n) is 12.2. The molecule has 0 aliphatic heterocycles. The van der Waals surface area contributed by atoms with Crippen LogP contribution in [0.1, 0.15) is 258 Å². The second-order valence-corrected chi connectivity index (χ2v) is 18.6. The number of amides is 1. The van der Waals surface area contributed by atoms with Gasteiger partial charge in [-0.1, -0.05) is 254 Å². The van der Waals surface area contributed by atoms with Gasteiger partial charge in [-0.25, -0.2) is 0 Å². The standard InChI is InChI=1S/C60H105NO5/c1-4-7-10-13-16-19-22-25-28-29-30-32-35-38-41-44-47-50-53-60(65)66-56(51-48-45-42-39-36-33-31-26-23-20-17-14-11-8-5-2)54-59(64)61-57(55-62)58(63)52-49-46-43-40-37-34-27-24-21-18-15-12-9-6-3/h8,11,17,20,26,28-32,36,39,45,48,56-58,62-63H,4-7,9-10,12-16,18-19,21-25,27,33-35,37-38,40-44,46-47,49-55H2,1-3H3,(H,61,64)/b11-8-,20-17-,29-28+,31-26-,32-30+,39-36-,48-45-.